The lowest BCUT2D eigenvalue weighted by molar-refractivity contribution is 0.589. The summed E-state index contributed by atoms with van der Waals surface area (Å²) in [5.41, 5.74) is 5.48. The van der Waals surface area contributed by atoms with Gasteiger partial charge in [0, 0.05) is 23.7 Å². The Kier molecular flexibility index (Phi) is 6.67. The van der Waals surface area contributed by atoms with Gasteiger partial charge >= 0.3 is 0 Å². The molecule has 0 bridgehead atoms. The minimum absolute atomic E-state index is 0.136. The molecule has 0 amide bonds. The van der Waals surface area contributed by atoms with Crippen LogP contribution in [-0.4, -0.2) is 0 Å². The third kappa shape index (κ3) is 3.96. The Hall–Kier alpha value is -1.57. The summed E-state index contributed by atoms with van der Waals surface area (Å²) in [4.78, 5) is 0. The van der Waals surface area contributed by atoms with Crippen molar-refractivity contribution in [1.82, 2.24) is 5.32 Å². The highest BCUT2D eigenvalue weighted by atomic mass is 19.1. The van der Waals surface area contributed by atoms with E-state index in [4.69, 9.17) is 0 Å². The fraction of sp³-hybridized carbons (Fsp3) is 0.474. The van der Waals surface area contributed by atoms with Crippen molar-refractivity contribution in [3.05, 3.63) is 58.6 Å². The predicted octanol–water partition coefficient (Wildman–Crippen LogP) is 5.37. The largest absolute Gasteiger partial charge is 0.381 e. The van der Waals surface area contributed by atoms with Crippen LogP contribution in [0.1, 0.15) is 52.2 Å². The number of hydrogen-bond acceptors (Lipinski definition) is 1. The van der Waals surface area contributed by atoms with Crippen LogP contribution >= 0.6 is 0 Å². The molecule has 116 valence electrons. The maximum Gasteiger partial charge on any atom is 0.128 e. The molecule has 0 radical (unpaired) electrons. The topological polar surface area (TPSA) is 12.0 Å². The summed E-state index contributed by atoms with van der Waals surface area (Å²) in [5.74, 6) is 0.322. The molecule has 21 heavy (non-hydrogen) atoms. The maximum absolute atomic E-state index is 13.8. The van der Waals surface area contributed by atoms with Crippen molar-refractivity contribution in [3.63, 3.8) is 0 Å². The predicted molar refractivity (Wildman–Crippen MR) is 89.6 cm³/mol. The van der Waals surface area contributed by atoms with Crippen LogP contribution in [-0.2, 0) is 13.0 Å². The van der Waals surface area contributed by atoms with Crippen molar-refractivity contribution >= 4 is 0 Å². The van der Waals surface area contributed by atoms with Crippen LogP contribution in [0.25, 0.3) is 0 Å². The number of halogens is 1. The summed E-state index contributed by atoms with van der Waals surface area (Å²) < 4.78 is 13.8. The minimum Gasteiger partial charge on any atom is -0.381 e. The van der Waals surface area contributed by atoms with Crippen LogP contribution in [0, 0.1) is 11.7 Å². The van der Waals surface area contributed by atoms with Gasteiger partial charge in [-0.15, -0.1) is 0 Å². The van der Waals surface area contributed by atoms with Gasteiger partial charge in [-0.2, -0.15) is 0 Å². The van der Waals surface area contributed by atoms with Crippen LogP contribution in [0.3, 0.4) is 0 Å². The zero-order valence-corrected chi connectivity index (χ0v) is 14.0. The third-order valence-electron chi connectivity index (χ3n) is 3.99. The van der Waals surface area contributed by atoms with Crippen molar-refractivity contribution in [3.8, 4) is 0 Å². The van der Waals surface area contributed by atoms with Gasteiger partial charge in [0.1, 0.15) is 5.82 Å². The average Bonchev–Trinajstić information content (AvgIpc) is 2.52. The average molecular weight is 289 g/mol. The van der Waals surface area contributed by atoms with Crippen LogP contribution in [0.15, 0.2) is 41.6 Å². The van der Waals surface area contributed by atoms with E-state index < -0.39 is 0 Å². The second kappa shape index (κ2) is 8.02. The second-order valence-corrected chi connectivity index (χ2v) is 5.33. The first kappa shape index (κ1) is 17.5. The first-order valence-electron chi connectivity index (χ1n) is 7.95. The van der Waals surface area contributed by atoms with Crippen LogP contribution in [0.2, 0.25) is 0 Å². The monoisotopic (exact) mass is 289 g/mol. The molecular weight excluding hydrogens is 261 g/mol. The van der Waals surface area contributed by atoms with E-state index in [1.165, 1.54) is 11.1 Å². The SMILES string of the molecule is C=C1C(NCc2cc(CCC)ccc2F)=C(C)C1C.CC. The Bertz CT molecular complexity index is 528. The zero-order valence-electron chi connectivity index (χ0n) is 14.0. The summed E-state index contributed by atoms with van der Waals surface area (Å²) in [6.07, 6.45) is 2.08. The van der Waals surface area contributed by atoms with Gasteiger partial charge in [0.25, 0.3) is 0 Å². The Morgan fingerprint density at radius 1 is 1.29 bits per heavy atom. The molecule has 1 N–H and O–H groups in total. The first-order valence-corrected chi connectivity index (χ1v) is 7.95. The molecule has 2 heteroatoms. The van der Waals surface area contributed by atoms with E-state index >= 15 is 0 Å². The molecule has 1 aromatic rings. The summed E-state index contributed by atoms with van der Waals surface area (Å²) in [7, 11) is 0. The van der Waals surface area contributed by atoms with Crippen LogP contribution in [0.5, 0.6) is 0 Å². The standard InChI is InChI=1S/C17H22FN.C2H6/c1-5-6-14-7-8-16(18)15(9-14)10-19-17-12(3)11(2)13(17)4;1-2/h7-9,11,19H,3,5-6,10H2,1-2,4H3;1-2H3. The van der Waals surface area contributed by atoms with Gasteiger partial charge in [-0.3, -0.25) is 0 Å². The summed E-state index contributed by atoms with van der Waals surface area (Å²) in [6, 6.07) is 5.41. The first-order chi connectivity index (χ1) is 10.0. The summed E-state index contributed by atoms with van der Waals surface area (Å²) in [5, 5.41) is 3.32. The molecule has 1 unspecified atom stereocenters. The van der Waals surface area contributed by atoms with Crippen molar-refractivity contribution in [2.24, 2.45) is 5.92 Å². The van der Waals surface area contributed by atoms with Gasteiger partial charge in [0.2, 0.25) is 0 Å². The number of allylic oxidation sites excluding steroid dienone is 2. The maximum atomic E-state index is 13.8. The Balaban J connectivity index is 0.00000106. The molecule has 0 fully saturated rings. The molecule has 0 aromatic heterocycles. The molecule has 0 spiro atoms. The quantitative estimate of drug-likeness (QED) is 0.768. The normalized spacial score (nSPS) is 17.0. The molecule has 2 rings (SSSR count). The van der Waals surface area contributed by atoms with E-state index in [9.17, 15) is 4.39 Å². The van der Waals surface area contributed by atoms with E-state index in [1.54, 1.807) is 6.07 Å². The van der Waals surface area contributed by atoms with E-state index in [0.29, 0.717) is 12.5 Å². The molecule has 1 aliphatic carbocycles. The second-order valence-electron chi connectivity index (χ2n) is 5.33. The number of benzene rings is 1. The fourth-order valence-electron chi connectivity index (χ4n) is 2.51. The van der Waals surface area contributed by atoms with Crippen LogP contribution < -0.4 is 5.32 Å². The Morgan fingerprint density at radius 3 is 2.52 bits per heavy atom. The lowest BCUT2D eigenvalue weighted by Crippen LogP contribution is -2.28. The summed E-state index contributed by atoms with van der Waals surface area (Å²) >= 11 is 0. The highest BCUT2D eigenvalue weighted by Crippen LogP contribution is 2.36. The molecule has 1 aromatic carbocycles. The van der Waals surface area contributed by atoms with Gasteiger partial charge in [-0.05, 0) is 36.1 Å². The number of aryl methyl sites for hydroxylation is 1. The lowest BCUT2D eigenvalue weighted by Gasteiger charge is -2.32. The van der Waals surface area contributed by atoms with Crippen LogP contribution in [0.4, 0.5) is 4.39 Å². The van der Waals surface area contributed by atoms with Gasteiger partial charge in [-0.1, -0.05) is 52.8 Å². The number of nitrogens with one attached hydrogen (secondary N) is 1. The zero-order chi connectivity index (χ0) is 16.0. The molecule has 0 saturated carbocycles. The van der Waals surface area contributed by atoms with Gasteiger partial charge in [-0.25, -0.2) is 4.39 Å². The van der Waals surface area contributed by atoms with E-state index in [-0.39, 0.29) is 5.82 Å². The highest BCUT2D eigenvalue weighted by Gasteiger charge is 2.26. The van der Waals surface area contributed by atoms with Crippen molar-refractivity contribution in [2.75, 3.05) is 0 Å². The smallest absolute Gasteiger partial charge is 0.128 e. The number of hydrogen-bond donors (Lipinski definition) is 1. The highest BCUT2D eigenvalue weighted by molar-refractivity contribution is 5.47. The molecule has 0 saturated heterocycles. The molecule has 0 aliphatic heterocycles. The van der Waals surface area contributed by atoms with Crippen molar-refractivity contribution in [2.45, 2.75) is 54.0 Å². The minimum atomic E-state index is -0.136. The number of rotatable bonds is 5. The van der Waals surface area contributed by atoms with Crippen molar-refractivity contribution in [1.29, 1.82) is 0 Å². The van der Waals surface area contributed by atoms with Crippen molar-refractivity contribution < 1.29 is 4.39 Å². The summed E-state index contributed by atoms with van der Waals surface area (Å²) in [6.45, 7) is 15.0. The lowest BCUT2D eigenvalue weighted by atomic mass is 9.79. The van der Waals surface area contributed by atoms with E-state index in [0.717, 1.165) is 29.7 Å². The molecular formula is C19H28FN. The Labute approximate surface area is 129 Å². The van der Waals surface area contributed by atoms with Gasteiger partial charge in [0.15, 0.2) is 0 Å². The molecule has 0 heterocycles. The van der Waals surface area contributed by atoms with E-state index in [1.807, 2.05) is 26.0 Å². The molecule has 1 atom stereocenters. The van der Waals surface area contributed by atoms with Gasteiger partial charge < -0.3 is 5.32 Å². The third-order valence-corrected chi connectivity index (χ3v) is 3.99. The van der Waals surface area contributed by atoms with E-state index in [2.05, 4.69) is 32.7 Å². The molecule has 1 nitrogen and oxygen atoms in total. The fourth-order valence-corrected chi connectivity index (χ4v) is 2.51. The van der Waals surface area contributed by atoms with Gasteiger partial charge in [0.05, 0.1) is 0 Å². The Morgan fingerprint density at radius 2 is 1.95 bits per heavy atom. The molecule has 1 aliphatic rings.